The number of carbonyl (C=O) groups excluding carboxylic acids is 1. The average molecular weight is 417 g/mol. The van der Waals surface area contributed by atoms with Crippen LogP contribution in [0.5, 0.6) is 0 Å². The molecular weight excluding hydrogens is 388 g/mol. The van der Waals surface area contributed by atoms with E-state index < -0.39 is 29.9 Å². The van der Waals surface area contributed by atoms with Gasteiger partial charge in [0.2, 0.25) is 5.79 Å². The number of rotatable bonds is 4. The summed E-state index contributed by atoms with van der Waals surface area (Å²) in [6, 6.07) is 6.53. The Labute approximate surface area is 176 Å². The van der Waals surface area contributed by atoms with E-state index in [0.717, 1.165) is 31.2 Å². The molecule has 4 saturated heterocycles. The minimum Gasteiger partial charge on any atom is -0.545 e. The van der Waals surface area contributed by atoms with E-state index in [1.54, 1.807) is 12.1 Å². The third-order valence-electron chi connectivity index (χ3n) is 7.70. The second kappa shape index (κ2) is 7.28. The molecule has 164 valence electrons. The highest BCUT2D eigenvalue weighted by Gasteiger charge is 2.69. The Morgan fingerprint density at radius 3 is 2.63 bits per heavy atom. The van der Waals surface area contributed by atoms with Crippen molar-refractivity contribution in [3.8, 4) is 0 Å². The fourth-order valence-electron chi connectivity index (χ4n) is 5.98. The quantitative estimate of drug-likeness (QED) is 0.696. The summed E-state index contributed by atoms with van der Waals surface area (Å²) in [5.74, 6) is -0.824. The fraction of sp³-hybridized carbons (Fsp3) is 0.696. The highest BCUT2D eigenvalue weighted by Crippen LogP contribution is 2.60. The Hall–Kier alpha value is -1.51. The van der Waals surface area contributed by atoms with Gasteiger partial charge in [0.15, 0.2) is 18.2 Å². The van der Waals surface area contributed by atoms with Crippen molar-refractivity contribution < 1.29 is 33.9 Å². The normalized spacial score (nSPS) is 44.9. The van der Waals surface area contributed by atoms with Crippen LogP contribution >= 0.6 is 0 Å². The Kier molecular flexibility index (Phi) is 4.95. The van der Waals surface area contributed by atoms with Gasteiger partial charge in [-0.3, -0.25) is 0 Å². The summed E-state index contributed by atoms with van der Waals surface area (Å²) in [4.78, 5) is 22.9. The van der Waals surface area contributed by atoms with Gasteiger partial charge >= 0.3 is 0 Å². The van der Waals surface area contributed by atoms with Crippen molar-refractivity contribution in [1.29, 1.82) is 0 Å². The standard InChI is InChI=1S/C23H30O7/c1-13-4-9-18-14(2)20(26-12-15-5-7-16(8-6-15)19(24)25)27-21-23(18)17(13)10-11-22(3,28-21)29-30-23/h5-8,13-14,17-18,20-21H,4,9-12H2,1-3H3,(H,24,25)/p-1/t13?,14?,17-,18?,20?,21+,22+,23+/m0/s1. The van der Waals surface area contributed by atoms with Gasteiger partial charge in [0.25, 0.3) is 0 Å². The average Bonchev–Trinajstić information content (AvgIpc) is 2.96. The number of carbonyl (C=O) groups is 1. The molecule has 5 fully saturated rings. The van der Waals surface area contributed by atoms with E-state index in [9.17, 15) is 9.90 Å². The maximum atomic E-state index is 10.9. The number of aromatic carboxylic acids is 1. The van der Waals surface area contributed by atoms with Crippen LogP contribution in [-0.4, -0.2) is 29.9 Å². The molecule has 7 nitrogen and oxygen atoms in total. The van der Waals surface area contributed by atoms with Crippen molar-refractivity contribution >= 4 is 5.97 Å². The second-order valence-electron chi connectivity index (χ2n) is 9.57. The first-order chi connectivity index (χ1) is 14.3. The molecule has 30 heavy (non-hydrogen) atoms. The van der Waals surface area contributed by atoms with Gasteiger partial charge in [0.1, 0.15) is 0 Å². The van der Waals surface area contributed by atoms with Gasteiger partial charge < -0.3 is 24.1 Å². The van der Waals surface area contributed by atoms with E-state index in [1.165, 1.54) is 12.1 Å². The lowest BCUT2D eigenvalue weighted by Gasteiger charge is -2.60. The molecule has 0 radical (unpaired) electrons. The van der Waals surface area contributed by atoms with Crippen molar-refractivity contribution in [1.82, 2.24) is 0 Å². The van der Waals surface area contributed by atoms with Crippen molar-refractivity contribution in [3.63, 3.8) is 0 Å². The fourth-order valence-corrected chi connectivity index (χ4v) is 5.98. The van der Waals surface area contributed by atoms with Crippen LogP contribution in [0.25, 0.3) is 0 Å². The molecule has 0 amide bonds. The van der Waals surface area contributed by atoms with Crippen LogP contribution in [0, 0.1) is 23.7 Å². The highest BCUT2D eigenvalue weighted by atomic mass is 17.3. The van der Waals surface area contributed by atoms with Crippen LogP contribution < -0.4 is 5.11 Å². The molecule has 1 aromatic rings. The molecule has 4 heterocycles. The minimum atomic E-state index is -1.19. The third-order valence-corrected chi connectivity index (χ3v) is 7.70. The number of benzene rings is 1. The smallest absolute Gasteiger partial charge is 0.201 e. The Balaban J connectivity index is 1.37. The van der Waals surface area contributed by atoms with Crippen molar-refractivity contribution in [2.75, 3.05) is 0 Å². The van der Waals surface area contributed by atoms with Gasteiger partial charge in [-0.05, 0) is 49.1 Å². The molecular formula is C23H29O7-. The van der Waals surface area contributed by atoms with Crippen molar-refractivity contribution in [2.45, 2.75) is 77.0 Å². The number of carboxylic acids is 1. The number of hydrogen-bond donors (Lipinski definition) is 0. The summed E-state index contributed by atoms with van der Waals surface area (Å²) >= 11 is 0. The summed E-state index contributed by atoms with van der Waals surface area (Å²) in [7, 11) is 0. The third kappa shape index (κ3) is 3.10. The van der Waals surface area contributed by atoms with Crippen LogP contribution in [0.2, 0.25) is 0 Å². The monoisotopic (exact) mass is 417 g/mol. The lowest BCUT2D eigenvalue weighted by atomic mass is 9.58. The lowest BCUT2D eigenvalue weighted by molar-refractivity contribution is -0.577. The molecule has 1 aromatic carbocycles. The Morgan fingerprint density at radius 2 is 1.90 bits per heavy atom. The molecule has 8 atom stereocenters. The van der Waals surface area contributed by atoms with Crippen molar-refractivity contribution in [3.05, 3.63) is 35.4 Å². The van der Waals surface area contributed by atoms with Crippen LogP contribution in [0.1, 0.15) is 62.4 Å². The zero-order valence-electron chi connectivity index (χ0n) is 17.7. The van der Waals surface area contributed by atoms with Gasteiger partial charge in [-0.1, -0.05) is 38.1 Å². The van der Waals surface area contributed by atoms with Crippen molar-refractivity contribution in [2.24, 2.45) is 23.7 Å². The van der Waals surface area contributed by atoms with Crippen LogP contribution in [-0.2, 0) is 30.6 Å². The predicted octanol–water partition coefficient (Wildman–Crippen LogP) is 2.77. The number of fused-ring (bicyclic) bond motifs is 2. The molecule has 5 aliphatic rings. The molecule has 1 spiro atoms. The molecule has 4 unspecified atom stereocenters. The van der Waals surface area contributed by atoms with Crippen LogP contribution in [0.15, 0.2) is 24.3 Å². The first-order valence-corrected chi connectivity index (χ1v) is 10.9. The maximum absolute atomic E-state index is 10.9. The number of hydrogen-bond acceptors (Lipinski definition) is 7. The molecule has 2 bridgehead atoms. The molecule has 0 N–H and O–H groups in total. The van der Waals surface area contributed by atoms with E-state index in [0.29, 0.717) is 18.4 Å². The van der Waals surface area contributed by atoms with E-state index in [4.69, 9.17) is 24.0 Å². The molecule has 1 saturated carbocycles. The van der Waals surface area contributed by atoms with Crippen LogP contribution in [0.4, 0.5) is 0 Å². The summed E-state index contributed by atoms with van der Waals surface area (Å²) in [6.07, 6.45) is 2.97. The maximum Gasteiger partial charge on any atom is 0.201 e. The zero-order chi connectivity index (χ0) is 21.1. The Morgan fingerprint density at radius 1 is 1.13 bits per heavy atom. The van der Waals surface area contributed by atoms with Gasteiger partial charge in [-0.15, -0.1) is 0 Å². The van der Waals surface area contributed by atoms with Gasteiger partial charge in [0, 0.05) is 18.3 Å². The number of ether oxygens (including phenoxy) is 3. The van der Waals surface area contributed by atoms with Gasteiger partial charge in [-0.25, -0.2) is 9.78 Å². The summed E-state index contributed by atoms with van der Waals surface area (Å²) in [6.45, 7) is 6.67. The zero-order valence-corrected chi connectivity index (χ0v) is 17.7. The van der Waals surface area contributed by atoms with Gasteiger partial charge in [0.05, 0.1) is 12.6 Å². The molecule has 1 aliphatic carbocycles. The SMILES string of the molecule is CC1C(OCc2ccc(C(=O)[O-])cc2)O[C@@H]2O[C@@]3(C)CC[C@H]4C(C)CCC1[C@@]24OO3. The van der Waals surface area contributed by atoms with Gasteiger partial charge in [-0.2, -0.15) is 0 Å². The van der Waals surface area contributed by atoms with E-state index in [-0.39, 0.29) is 17.4 Å². The molecule has 7 heteroatoms. The second-order valence-corrected chi connectivity index (χ2v) is 9.57. The minimum absolute atomic E-state index is 0.105. The number of carboxylic acid groups (broad SMARTS) is 1. The Bertz CT molecular complexity index is 810. The molecule has 4 aliphatic heterocycles. The van der Waals surface area contributed by atoms with E-state index in [1.807, 2.05) is 6.92 Å². The first-order valence-electron chi connectivity index (χ1n) is 10.9. The lowest BCUT2D eigenvalue weighted by Crippen LogP contribution is -2.70. The largest absolute Gasteiger partial charge is 0.545 e. The topological polar surface area (TPSA) is 86.3 Å². The summed E-state index contributed by atoms with van der Waals surface area (Å²) in [5, 5.41) is 10.9. The summed E-state index contributed by atoms with van der Waals surface area (Å²) in [5.41, 5.74) is 0.433. The molecule has 0 aromatic heterocycles. The van der Waals surface area contributed by atoms with E-state index >= 15 is 0 Å². The first kappa shape index (κ1) is 20.4. The molecule has 6 rings (SSSR count). The summed E-state index contributed by atoms with van der Waals surface area (Å²) < 4.78 is 18.9. The van der Waals surface area contributed by atoms with Crippen LogP contribution in [0.3, 0.4) is 0 Å². The highest BCUT2D eigenvalue weighted by molar-refractivity contribution is 5.85. The predicted molar refractivity (Wildman–Crippen MR) is 102 cm³/mol. The van der Waals surface area contributed by atoms with E-state index in [2.05, 4.69) is 13.8 Å².